The summed E-state index contributed by atoms with van der Waals surface area (Å²) in [5.74, 6) is -13.5. The van der Waals surface area contributed by atoms with Gasteiger partial charge >= 0.3 is 5.97 Å². The zero-order valence-corrected chi connectivity index (χ0v) is 15.6. The Labute approximate surface area is 164 Å². The summed E-state index contributed by atoms with van der Waals surface area (Å²) in [6.07, 6.45) is -0.337. The molecule has 0 atom stereocenters. The molecule has 2 aromatic carbocycles. The molecule has 1 heterocycles. The Hall–Kier alpha value is -3.08. The van der Waals surface area contributed by atoms with Crippen molar-refractivity contribution in [2.45, 2.75) is 20.0 Å². The Balaban J connectivity index is 1.91. The molecule has 0 unspecified atom stereocenters. The van der Waals surface area contributed by atoms with Crippen molar-refractivity contribution in [2.75, 3.05) is 5.32 Å². The van der Waals surface area contributed by atoms with E-state index in [1.807, 2.05) is 5.32 Å². The summed E-state index contributed by atoms with van der Waals surface area (Å²) >= 11 is 0.837. The van der Waals surface area contributed by atoms with E-state index >= 15 is 0 Å². The van der Waals surface area contributed by atoms with E-state index in [1.165, 1.54) is 18.2 Å². The first kappa shape index (κ1) is 20.6. The number of benzene rings is 2. The average molecular weight is 430 g/mol. The van der Waals surface area contributed by atoms with Crippen molar-refractivity contribution < 1.29 is 36.3 Å². The summed E-state index contributed by atoms with van der Waals surface area (Å²) in [5, 5.41) is 1.84. The summed E-state index contributed by atoms with van der Waals surface area (Å²) in [6, 6.07) is 4.32. The molecule has 0 spiro atoms. The van der Waals surface area contributed by atoms with E-state index in [-0.39, 0.29) is 16.8 Å². The van der Waals surface area contributed by atoms with E-state index < -0.39 is 46.5 Å². The predicted octanol–water partition coefficient (Wildman–Crippen LogP) is 4.81. The first-order chi connectivity index (χ1) is 13.6. The maximum absolute atomic E-state index is 13.8. The molecule has 0 aliphatic heterocycles. The van der Waals surface area contributed by atoms with E-state index in [9.17, 15) is 31.5 Å². The van der Waals surface area contributed by atoms with Crippen molar-refractivity contribution in [2.24, 2.45) is 0 Å². The maximum atomic E-state index is 13.8. The molecule has 0 radical (unpaired) electrons. The van der Waals surface area contributed by atoms with Crippen LogP contribution in [0, 0.1) is 29.1 Å². The number of aromatic nitrogens is 1. The highest BCUT2D eigenvalue weighted by molar-refractivity contribution is 7.22. The van der Waals surface area contributed by atoms with Crippen molar-refractivity contribution >= 4 is 38.6 Å². The molecule has 0 saturated carbocycles. The molecule has 0 saturated heterocycles. The minimum Gasteiger partial charge on any atom is -0.459 e. The van der Waals surface area contributed by atoms with Crippen LogP contribution in [0.25, 0.3) is 10.2 Å². The Morgan fingerprint density at radius 3 is 2.17 bits per heavy atom. The number of nitrogens with zero attached hydrogens (tertiary/aromatic N) is 1. The molecular weight excluding hydrogens is 419 g/mol. The van der Waals surface area contributed by atoms with Crippen LogP contribution in [0.2, 0.25) is 0 Å². The van der Waals surface area contributed by atoms with E-state index in [0.29, 0.717) is 10.2 Å². The number of amides is 1. The van der Waals surface area contributed by atoms with Gasteiger partial charge in [-0.05, 0) is 32.0 Å². The maximum Gasteiger partial charge on any atom is 0.338 e. The number of carbonyl (C=O) groups excluding carboxylic acids is 2. The summed E-state index contributed by atoms with van der Waals surface area (Å²) in [6.45, 7) is 3.35. The third kappa shape index (κ3) is 3.90. The molecule has 0 aliphatic carbocycles. The van der Waals surface area contributed by atoms with Gasteiger partial charge in [0.1, 0.15) is 5.56 Å². The molecular formula is C18H11F5N2O3S. The number of hydrogen-bond acceptors (Lipinski definition) is 5. The van der Waals surface area contributed by atoms with Crippen LogP contribution in [0.4, 0.5) is 27.1 Å². The minimum absolute atomic E-state index is 0.164. The van der Waals surface area contributed by atoms with Gasteiger partial charge in [0.15, 0.2) is 28.4 Å². The zero-order chi connectivity index (χ0) is 21.5. The fourth-order valence-electron chi connectivity index (χ4n) is 2.35. The monoisotopic (exact) mass is 430 g/mol. The molecule has 3 aromatic rings. The zero-order valence-electron chi connectivity index (χ0n) is 14.8. The van der Waals surface area contributed by atoms with Gasteiger partial charge < -0.3 is 4.74 Å². The first-order valence-corrected chi connectivity index (χ1v) is 8.86. The van der Waals surface area contributed by atoms with Gasteiger partial charge in [-0.2, -0.15) is 0 Å². The van der Waals surface area contributed by atoms with Crippen LogP contribution in [-0.4, -0.2) is 23.0 Å². The lowest BCUT2D eigenvalue weighted by Gasteiger charge is -2.07. The molecule has 29 heavy (non-hydrogen) atoms. The van der Waals surface area contributed by atoms with Crippen LogP contribution in [0.15, 0.2) is 18.2 Å². The van der Waals surface area contributed by atoms with Gasteiger partial charge in [-0.3, -0.25) is 10.1 Å². The van der Waals surface area contributed by atoms with Gasteiger partial charge in [0.05, 0.1) is 21.9 Å². The van der Waals surface area contributed by atoms with Crippen molar-refractivity contribution in [1.82, 2.24) is 4.98 Å². The fourth-order valence-corrected chi connectivity index (χ4v) is 3.25. The normalized spacial score (nSPS) is 11.2. The lowest BCUT2D eigenvalue weighted by Crippen LogP contribution is -2.19. The third-order valence-electron chi connectivity index (χ3n) is 3.62. The van der Waals surface area contributed by atoms with Crippen LogP contribution in [0.5, 0.6) is 0 Å². The number of hydrogen-bond donors (Lipinski definition) is 1. The van der Waals surface area contributed by atoms with Crippen LogP contribution >= 0.6 is 11.3 Å². The minimum atomic E-state index is -2.36. The molecule has 1 aromatic heterocycles. The number of anilines is 1. The van der Waals surface area contributed by atoms with Crippen molar-refractivity contribution in [3.05, 3.63) is 58.4 Å². The molecule has 3 rings (SSSR count). The van der Waals surface area contributed by atoms with E-state index in [1.54, 1.807) is 13.8 Å². The molecule has 0 bridgehead atoms. The topological polar surface area (TPSA) is 68.3 Å². The van der Waals surface area contributed by atoms with E-state index in [2.05, 4.69) is 4.98 Å². The van der Waals surface area contributed by atoms with Crippen LogP contribution in [0.3, 0.4) is 0 Å². The van der Waals surface area contributed by atoms with Crippen molar-refractivity contribution in [1.29, 1.82) is 0 Å². The number of esters is 1. The quantitative estimate of drug-likeness (QED) is 0.279. The molecule has 5 nitrogen and oxygen atoms in total. The summed E-state index contributed by atoms with van der Waals surface area (Å²) in [7, 11) is 0. The third-order valence-corrected chi connectivity index (χ3v) is 4.56. The predicted molar refractivity (Wildman–Crippen MR) is 94.4 cm³/mol. The Bertz CT molecular complexity index is 1120. The molecule has 11 heteroatoms. The van der Waals surface area contributed by atoms with Gasteiger partial charge in [0, 0.05) is 0 Å². The fraction of sp³-hybridized carbons (Fsp3) is 0.167. The Morgan fingerprint density at radius 1 is 1.00 bits per heavy atom. The van der Waals surface area contributed by atoms with Gasteiger partial charge in [0.25, 0.3) is 5.91 Å². The van der Waals surface area contributed by atoms with Crippen molar-refractivity contribution in [3.63, 3.8) is 0 Å². The lowest BCUT2D eigenvalue weighted by atomic mass is 10.1. The standard InChI is InChI=1S/C18H11F5N2O3S/c1-6(2)28-17(27)7-3-4-8-9(5-7)29-18(24-8)25-16(26)10-11(19)13(21)15(23)14(22)12(10)20/h3-6H,1-2H3,(H,24,25,26). The summed E-state index contributed by atoms with van der Waals surface area (Å²) < 4.78 is 72.7. The highest BCUT2D eigenvalue weighted by Crippen LogP contribution is 2.29. The number of ether oxygens (including phenoxy) is 1. The Morgan fingerprint density at radius 2 is 1.59 bits per heavy atom. The van der Waals surface area contributed by atoms with Crippen molar-refractivity contribution in [3.8, 4) is 0 Å². The van der Waals surface area contributed by atoms with Crippen LogP contribution in [-0.2, 0) is 4.74 Å². The van der Waals surface area contributed by atoms with Gasteiger partial charge in [-0.25, -0.2) is 31.7 Å². The molecule has 1 N–H and O–H groups in total. The number of nitrogens with one attached hydrogen (secondary N) is 1. The van der Waals surface area contributed by atoms with Crippen LogP contribution in [0.1, 0.15) is 34.6 Å². The second-order valence-corrected chi connectivity index (χ2v) is 7.09. The number of fused-ring (bicyclic) bond motifs is 1. The highest BCUT2D eigenvalue weighted by atomic mass is 32.1. The highest BCUT2D eigenvalue weighted by Gasteiger charge is 2.30. The number of rotatable bonds is 4. The van der Waals surface area contributed by atoms with Gasteiger partial charge in [-0.1, -0.05) is 11.3 Å². The largest absolute Gasteiger partial charge is 0.459 e. The van der Waals surface area contributed by atoms with Gasteiger partial charge in [0.2, 0.25) is 5.82 Å². The van der Waals surface area contributed by atoms with E-state index in [4.69, 9.17) is 4.74 Å². The number of halogens is 5. The lowest BCUT2D eigenvalue weighted by molar-refractivity contribution is 0.0378. The van der Waals surface area contributed by atoms with Crippen LogP contribution < -0.4 is 5.32 Å². The molecule has 152 valence electrons. The Kier molecular flexibility index (Phi) is 5.51. The number of carbonyl (C=O) groups is 2. The second-order valence-electron chi connectivity index (χ2n) is 6.05. The SMILES string of the molecule is CC(C)OC(=O)c1ccc2nc(NC(=O)c3c(F)c(F)c(F)c(F)c3F)sc2c1. The van der Waals surface area contributed by atoms with Gasteiger partial charge in [-0.15, -0.1) is 0 Å². The molecule has 0 aliphatic rings. The van der Waals surface area contributed by atoms with E-state index in [0.717, 1.165) is 11.3 Å². The first-order valence-electron chi connectivity index (χ1n) is 8.04. The summed E-state index contributed by atoms with van der Waals surface area (Å²) in [5.41, 5.74) is -1.07. The summed E-state index contributed by atoms with van der Waals surface area (Å²) in [4.78, 5) is 28.0. The molecule has 0 fully saturated rings. The smallest absolute Gasteiger partial charge is 0.338 e. The average Bonchev–Trinajstić information content (AvgIpc) is 3.05. The second kappa shape index (κ2) is 7.74. The molecule has 1 amide bonds. The number of thiazole rings is 1.